The van der Waals surface area contributed by atoms with E-state index in [-0.39, 0.29) is 0 Å². The van der Waals surface area contributed by atoms with E-state index >= 15 is 0 Å². The molecule has 0 spiro atoms. The van der Waals surface area contributed by atoms with Gasteiger partial charge in [-0.1, -0.05) is 6.08 Å². The number of aliphatic carboxylic acids is 2. The van der Waals surface area contributed by atoms with Crippen LogP contribution in [0.25, 0.3) is 0 Å². The van der Waals surface area contributed by atoms with E-state index in [0.29, 0.717) is 13.2 Å². The Hall–Kier alpha value is -2.62. The van der Waals surface area contributed by atoms with Crippen molar-refractivity contribution >= 4 is 11.9 Å². The van der Waals surface area contributed by atoms with Crippen molar-refractivity contribution in [3.8, 4) is 11.5 Å². The Kier molecular flexibility index (Phi) is 12.2. The van der Waals surface area contributed by atoms with Gasteiger partial charge in [0.15, 0.2) is 0 Å². The average Bonchev–Trinajstić information content (AvgIpc) is 2.73. The molecule has 1 aliphatic heterocycles. The number of methoxy groups -OCH3 is 1. The number of carbonyl (C=O) groups is 2. The maximum absolute atomic E-state index is 9.10. The lowest BCUT2D eigenvalue weighted by Gasteiger charge is -2.32. The fourth-order valence-electron chi connectivity index (χ4n) is 2.72. The molecule has 1 aromatic carbocycles. The molecule has 0 saturated carbocycles. The molecule has 30 heavy (non-hydrogen) atoms. The van der Waals surface area contributed by atoms with Crippen molar-refractivity contribution in [2.75, 3.05) is 66.7 Å². The van der Waals surface area contributed by atoms with Gasteiger partial charge in [-0.05, 0) is 31.7 Å². The van der Waals surface area contributed by atoms with Crippen LogP contribution in [-0.4, -0.2) is 98.7 Å². The van der Waals surface area contributed by atoms with Gasteiger partial charge in [-0.25, -0.2) is 9.59 Å². The predicted molar refractivity (Wildman–Crippen MR) is 112 cm³/mol. The van der Waals surface area contributed by atoms with Gasteiger partial charge in [0.2, 0.25) is 0 Å². The number of ether oxygens (including phenoxy) is 3. The van der Waals surface area contributed by atoms with Crippen LogP contribution in [-0.2, 0) is 20.7 Å². The Morgan fingerprint density at radius 1 is 1.10 bits per heavy atom. The predicted octanol–water partition coefficient (Wildman–Crippen LogP) is 1.22. The molecule has 1 aromatic rings. The van der Waals surface area contributed by atoms with Crippen LogP contribution >= 0.6 is 0 Å². The summed E-state index contributed by atoms with van der Waals surface area (Å²) in [5.74, 6) is -1.94. The number of hydrogen-bond donors (Lipinski definition) is 2. The molecule has 0 bridgehead atoms. The molecular weight excluding hydrogens is 392 g/mol. The molecule has 0 radical (unpaired) electrons. The van der Waals surface area contributed by atoms with Crippen molar-refractivity contribution in [1.29, 1.82) is 0 Å². The van der Waals surface area contributed by atoms with Gasteiger partial charge < -0.3 is 29.3 Å². The van der Waals surface area contributed by atoms with Crippen molar-refractivity contribution < 1.29 is 34.0 Å². The third-order valence-electron chi connectivity index (χ3n) is 4.45. The minimum absolute atomic E-state index is 0.555. The number of nitrogens with zero attached hydrogens (tertiary/aromatic N) is 2. The van der Waals surface area contributed by atoms with Crippen molar-refractivity contribution in [3.63, 3.8) is 0 Å². The van der Waals surface area contributed by atoms with Crippen LogP contribution in [0.15, 0.2) is 30.9 Å². The number of rotatable bonds is 10. The van der Waals surface area contributed by atoms with Crippen LogP contribution in [0.1, 0.15) is 5.56 Å². The molecule has 0 atom stereocenters. The summed E-state index contributed by atoms with van der Waals surface area (Å²) < 4.78 is 16.8. The summed E-state index contributed by atoms with van der Waals surface area (Å²) in [6.45, 7) is 11.3. The molecular formula is C21H32N2O7. The highest BCUT2D eigenvalue weighted by atomic mass is 16.5. The number of carboxylic acid groups (broad SMARTS) is 2. The summed E-state index contributed by atoms with van der Waals surface area (Å²) >= 11 is 0. The van der Waals surface area contributed by atoms with Crippen LogP contribution in [0.5, 0.6) is 11.5 Å². The van der Waals surface area contributed by atoms with Crippen LogP contribution in [0, 0.1) is 0 Å². The molecule has 168 valence electrons. The fourth-order valence-corrected chi connectivity index (χ4v) is 2.72. The number of benzene rings is 1. The first-order valence-corrected chi connectivity index (χ1v) is 9.72. The van der Waals surface area contributed by atoms with Crippen LogP contribution in [0.2, 0.25) is 0 Å². The van der Waals surface area contributed by atoms with Crippen LogP contribution in [0.4, 0.5) is 0 Å². The van der Waals surface area contributed by atoms with Crippen LogP contribution < -0.4 is 9.47 Å². The lowest BCUT2D eigenvalue weighted by Crippen LogP contribution is -2.45. The molecule has 0 aromatic heterocycles. The Morgan fingerprint density at radius 3 is 2.33 bits per heavy atom. The maximum Gasteiger partial charge on any atom is 0.414 e. The first-order valence-electron chi connectivity index (χ1n) is 9.72. The molecule has 0 amide bonds. The SMILES string of the molecule is C=CCc1cc(OC)ccc1OCCOCCN1CCN(C)CC1.O=C(O)C(=O)O. The molecule has 2 rings (SSSR count). The zero-order chi connectivity index (χ0) is 22.4. The van der Waals surface area contributed by atoms with E-state index in [0.717, 1.165) is 62.8 Å². The average molecular weight is 424 g/mol. The van der Waals surface area contributed by atoms with Crippen LogP contribution in [0.3, 0.4) is 0 Å². The summed E-state index contributed by atoms with van der Waals surface area (Å²) in [5, 5.41) is 14.8. The largest absolute Gasteiger partial charge is 0.497 e. The standard InChI is InChI=1S/C19H30N2O3.C2H2O4/c1-4-5-17-16-18(22-3)6-7-19(17)24-15-14-23-13-12-21-10-8-20(2)9-11-21;3-1(4)2(5)6/h4,6-7,16H,1,5,8-15H2,2-3H3;(H,3,4)(H,5,6). The van der Waals surface area contributed by atoms with Gasteiger partial charge in [-0.2, -0.15) is 0 Å². The first-order chi connectivity index (χ1) is 14.4. The summed E-state index contributed by atoms with van der Waals surface area (Å²) in [5.41, 5.74) is 1.08. The Bertz CT molecular complexity index is 661. The second kappa shape index (κ2) is 14.4. The molecule has 0 aliphatic carbocycles. The molecule has 2 N–H and O–H groups in total. The van der Waals surface area contributed by atoms with E-state index in [4.69, 9.17) is 34.0 Å². The van der Waals surface area contributed by atoms with Crippen molar-refractivity contribution in [2.24, 2.45) is 0 Å². The zero-order valence-electron chi connectivity index (χ0n) is 17.7. The maximum atomic E-state index is 9.10. The van der Waals surface area contributed by atoms with E-state index in [1.165, 1.54) is 0 Å². The Labute approximate surface area is 177 Å². The van der Waals surface area contributed by atoms with Gasteiger partial charge in [0.1, 0.15) is 18.1 Å². The molecule has 9 nitrogen and oxygen atoms in total. The summed E-state index contributed by atoms with van der Waals surface area (Å²) in [7, 11) is 3.84. The molecule has 9 heteroatoms. The van der Waals surface area contributed by atoms with Crippen molar-refractivity contribution in [3.05, 3.63) is 36.4 Å². The summed E-state index contributed by atoms with van der Waals surface area (Å²) in [4.78, 5) is 23.0. The molecule has 1 heterocycles. The molecule has 0 unspecified atom stereocenters. The summed E-state index contributed by atoms with van der Waals surface area (Å²) in [6, 6.07) is 5.85. The Morgan fingerprint density at radius 2 is 1.77 bits per heavy atom. The smallest absolute Gasteiger partial charge is 0.414 e. The number of hydrogen-bond acceptors (Lipinski definition) is 7. The lowest BCUT2D eigenvalue weighted by molar-refractivity contribution is -0.159. The van der Waals surface area contributed by atoms with E-state index in [2.05, 4.69) is 23.4 Å². The van der Waals surface area contributed by atoms with Gasteiger partial charge in [0, 0.05) is 38.3 Å². The third-order valence-corrected chi connectivity index (χ3v) is 4.45. The highest BCUT2D eigenvalue weighted by Crippen LogP contribution is 2.24. The van der Waals surface area contributed by atoms with Gasteiger partial charge >= 0.3 is 11.9 Å². The van der Waals surface area contributed by atoms with Gasteiger partial charge in [-0.15, -0.1) is 6.58 Å². The number of likely N-dealkylation sites (N-methyl/N-ethyl adjacent to an activating group) is 1. The molecule has 1 fully saturated rings. The van der Waals surface area contributed by atoms with Crippen molar-refractivity contribution in [1.82, 2.24) is 9.80 Å². The minimum Gasteiger partial charge on any atom is -0.497 e. The quantitative estimate of drug-likeness (QED) is 0.325. The minimum atomic E-state index is -1.82. The topological polar surface area (TPSA) is 109 Å². The lowest BCUT2D eigenvalue weighted by atomic mass is 10.1. The number of piperazine rings is 1. The number of allylic oxidation sites excluding steroid dienone is 1. The fraction of sp³-hybridized carbons (Fsp3) is 0.524. The second-order valence-electron chi connectivity index (χ2n) is 6.68. The van der Waals surface area contributed by atoms with E-state index in [1.807, 2.05) is 24.3 Å². The summed E-state index contributed by atoms with van der Waals surface area (Å²) in [6.07, 6.45) is 2.63. The van der Waals surface area contributed by atoms with Gasteiger partial charge in [0.05, 0.1) is 20.3 Å². The van der Waals surface area contributed by atoms with E-state index < -0.39 is 11.9 Å². The zero-order valence-corrected chi connectivity index (χ0v) is 17.7. The molecule has 1 saturated heterocycles. The highest BCUT2D eigenvalue weighted by Gasteiger charge is 2.12. The second-order valence-corrected chi connectivity index (χ2v) is 6.68. The molecule has 1 aliphatic rings. The number of carboxylic acids is 2. The Balaban J connectivity index is 0.000000656. The normalized spacial score (nSPS) is 14.3. The van der Waals surface area contributed by atoms with Gasteiger partial charge in [0.25, 0.3) is 0 Å². The third kappa shape index (κ3) is 10.2. The first kappa shape index (κ1) is 25.4. The highest BCUT2D eigenvalue weighted by molar-refractivity contribution is 6.27. The van der Waals surface area contributed by atoms with Gasteiger partial charge in [-0.3, -0.25) is 4.90 Å². The van der Waals surface area contributed by atoms with Crippen molar-refractivity contribution in [2.45, 2.75) is 6.42 Å². The van der Waals surface area contributed by atoms with E-state index in [1.54, 1.807) is 7.11 Å². The van der Waals surface area contributed by atoms with E-state index in [9.17, 15) is 0 Å². The monoisotopic (exact) mass is 424 g/mol.